The monoisotopic (exact) mass is 235 g/mol. The molecule has 0 aromatic heterocycles. The van der Waals surface area contributed by atoms with Crippen molar-refractivity contribution >= 4 is 22.8 Å². The van der Waals surface area contributed by atoms with Crippen LogP contribution in [-0.2, 0) is 9.59 Å². The van der Waals surface area contributed by atoms with E-state index in [1.807, 2.05) is 6.92 Å². The van der Waals surface area contributed by atoms with Crippen molar-refractivity contribution in [3.05, 3.63) is 0 Å². The van der Waals surface area contributed by atoms with Gasteiger partial charge < -0.3 is 10.4 Å². The molecule has 88 valence electrons. The van der Waals surface area contributed by atoms with Gasteiger partial charge >= 0.3 is 0 Å². The first-order valence-electron chi connectivity index (χ1n) is 5.08. The summed E-state index contributed by atoms with van der Waals surface area (Å²) in [5.41, 5.74) is 0. The minimum atomic E-state index is -0.564. The molecule has 15 heavy (non-hydrogen) atoms. The zero-order valence-electron chi connectivity index (χ0n) is 9.45. The van der Waals surface area contributed by atoms with Crippen LogP contribution in [0.5, 0.6) is 0 Å². The smallest absolute Gasteiger partial charge is 0.216 e. The van der Waals surface area contributed by atoms with Crippen molar-refractivity contribution < 1.29 is 14.7 Å². The fourth-order valence-corrected chi connectivity index (χ4v) is 1.85. The van der Waals surface area contributed by atoms with Crippen LogP contribution in [0.15, 0.2) is 0 Å². The molecule has 0 aromatic carbocycles. The number of hydrogen-bond acceptors (Lipinski definition) is 4. The molecule has 0 spiro atoms. The van der Waals surface area contributed by atoms with Crippen molar-refractivity contribution in [1.29, 1.82) is 0 Å². The van der Waals surface area contributed by atoms with Gasteiger partial charge in [-0.3, -0.25) is 9.59 Å². The van der Waals surface area contributed by atoms with Gasteiger partial charge in [-0.15, -0.1) is 0 Å². The Morgan fingerprint density at radius 2 is 2.07 bits per heavy atom. The molecule has 0 aliphatic carbocycles. The highest BCUT2D eigenvalue weighted by Crippen LogP contribution is 2.15. The quantitative estimate of drug-likeness (QED) is 0.527. The molecule has 0 aromatic rings. The largest absolute Gasteiger partial charge is 0.392 e. The lowest BCUT2D eigenvalue weighted by atomic mass is 10.5. The molecule has 4 nitrogen and oxygen atoms in total. The van der Waals surface area contributed by atoms with E-state index in [1.54, 1.807) is 6.92 Å². The molecule has 0 unspecified atom stereocenters. The number of thioether (sulfide) groups is 1. The minimum absolute atomic E-state index is 0.0188. The predicted octanol–water partition coefficient (Wildman–Crippen LogP) is 0.789. The summed E-state index contributed by atoms with van der Waals surface area (Å²) in [5, 5.41) is 12.0. The molecule has 0 rings (SSSR count). The Hall–Kier alpha value is -0.550. The van der Waals surface area contributed by atoms with E-state index in [2.05, 4.69) is 5.32 Å². The topological polar surface area (TPSA) is 66.4 Å². The SMILES string of the molecule is CC[13C@@H](O)[13C@H](C)C(=O)SCCNC(C)=O. The maximum Gasteiger partial charge on any atom is 0.216 e. The number of rotatable bonds is 6. The maximum atomic E-state index is 11.5. The summed E-state index contributed by atoms with van der Waals surface area (Å²) in [6, 6.07) is 0. The van der Waals surface area contributed by atoms with Gasteiger partial charge in [0.1, 0.15) is 0 Å². The summed E-state index contributed by atoms with van der Waals surface area (Å²) in [7, 11) is 0. The Bertz CT molecular complexity index is 221. The zero-order chi connectivity index (χ0) is 11.8. The molecular weight excluding hydrogens is 216 g/mol. The van der Waals surface area contributed by atoms with Gasteiger partial charge in [0.05, 0.1) is 12.0 Å². The molecule has 0 aliphatic rings. The van der Waals surface area contributed by atoms with Crippen molar-refractivity contribution in [3.8, 4) is 0 Å². The number of carbonyl (C=O) groups excluding carboxylic acids is 2. The normalized spacial score (nSPS) is 14.4. The highest BCUT2D eigenvalue weighted by Gasteiger charge is 2.20. The lowest BCUT2D eigenvalue weighted by molar-refractivity contribution is -0.119. The lowest BCUT2D eigenvalue weighted by Gasteiger charge is -2.15. The summed E-state index contributed by atoms with van der Waals surface area (Å²) >= 11 is 1.16. The van der Waals surface area contributed by atoms with Gasteiger partial charge in [0, 0.05) is 19.2 Å². The minimum Gasteiger partial charge on any atom is -0.392 e. The molecule has 0 saturated carbocycles. The van der Waals surface area contributed by atoms with Gasteiger partial charge in [-0.1, -0.05) is 25.6 Å². The summed E-state index contributed by atoms with van der Waals surface area (Å²) < 4.78 is 0. The van der Waals surface area contributed by atoms with Gasteiger partial charge in [-0.25, -0.2) is 0 Å². The second kappa shape index (κ2) is 7.70. The Balaban J connectivity index is 3.69. The molecule has 0 aliphatic heterocycles. The summed E-state index contributed by atoms with van der Waals surface area (Å²) in [5.74, 6) is 0.126. The first kappa shape index (κ1) is 14.5. The lowest BCUT2D eigenvalue weighted by Crippen LogP contribution is -2.26. The van der Waals surface area contributed by atoms with Crippen LogP contribution < -0.4 is 5.32 Å². The van der Waals surface area contributed by atoms with Crippen molar-refractivity contribution in [2.24, 2.45) is 5.92 Å². The number of aliphatic hydroxyl groups is 1. The van der Waals surface area contributed by atoms with Crippen LogP contribution >= 0.6 is 11.8 Å². The third-order valence-corrected chi connectivity index (χ3v) is 3.15. The van der Waals surface area contributed by atoms with E-state index in [1.165, 1.54) is 6.92 Å². The number of hydrogen-bond donors (Lipinski definition) is 2. The molecule has 0 bridgehead atoms. The Morgan fingerprint density at radius 1 is 1.47 bits per heavy atom. The molecule has 0 saturated heterocycles. The average molecular weight is 235 g/mol. The van der Waals surface area contributed by atoms with Gasteiger partial charge in [0.15, 0.2) is 5.12 Å². The number of nitrogens with one attached hydrogen (secondary N) is 1. The zero-order valence-corrected chi connectivity index (χ0v) is 10.3. The van der Waals surface area contributed by atoms with Crippen LogP contribution in [0.1, 0.15) is 27.2 Å². The molecule has 2 N–H and O–H groups in total. The fourth-order valence-electron chi connectivity index (χ4n) is 1.02. The first-order chi connectivity index (χ1) is 6.99. The van der Waals surface area contributed by atoms with Crippen LogP contribution in [0.3, 0.4) is 0 Å². The Kier molecular flexibility index (Phi) is 7.42. The number of amides is 1. The summed E-state index contributed by atoms with van der Waals surface area (Å²) in [4.78, 5) is 22.0. The summed E-state index contributed by atoms with van der Waals surface area (Å²) in [6.45, 7) is 5.49. The molecule has 0 radical (unpaired) electrons. The third-order valence-electron chi connectivity index (χ3n) is 2.09. The third kappa shape index (κ3) is 6.52. The Morgan fingerprint density at radius 3 is 2.53 bits per heavy atom. The number of carbonyl (C=O) groups is 2. The predicted molar refractivity (Wildman–Crippen MR) is 61.6 cm³/mol. The van der Waals surface area contributed by atoms with E-state index < -0.39 is 6.10 Å². The van der Waals surface area contributed by atoms with Crippen LogP contribution in [-0.4, -0.2) is 34.5 Å². The van der Waals surface area contributed by atoms with E-state index in [4.69, 9.17) is 0 Å². The van der Waals surface area contributed by atoms with Crippen molar-refractivity contribution in [3.63, 3.8) is 0 Å². The molecule has 1 amide bonds. The van der Waals surface area contributed by atoms with Crippen LogP contribution in [0.4, 0.5) is 0 Å². The van der Waals surface area contributed by atoms with E-state index >= 15 is 0 Å². The fraction of sp³-hybridized carbons (Fsp3) is 0.800. The van der Waals surface area contributed by atoms with Crippen LogP contribution in [0.2, 0.25) is 0 Å². The van der Waals surface area contributed by atoms with E-state index in [0.717, 1.165) is 11.8 Å². The molecular formula is C10H19NO3S. The average Bonchev–Trinajstić information content (AvgIpc) is 2.21. The van der Waals surface area contributed by atoms with Gasteiger partial charge in [-0.05, 0) is 6.42 Å². The van der Waals surface area contributed by atoms with Gasteiger partial charge in [0.2, 0.25) is 5.91 Å². The molecule has 5 heteroatoms. The number of aliphatic hydroxyl groups excluding tert-OH is 1. The van der Waals surface area contributed by atoms with Crippen molar-refractivity contribution in [2.75, 3.05) is 12.3 Å². The van der Waals surface area contributed by atoms with E-state index in [9.17, 15) is 14.7 Å². The highest BCUT2D eigenvalue weighted by atomic mass is 32.2. The summed E-state index contributed by atoms with van der Waals surface area (Å²) in [6.07, 6.45) is 0.0184. The molecule has 2 atom stereocenters. The second-order valence-electron chi connectivity index (χ2n) is 3.41. The maximum absolute atomic E-state index is 11.5. The Labute approximate surface area is 94.8 Å². The highest BCUT2D eigenvalue weighted by molar-refractivity contribution is 8.13. The van der Waals surface area contributed by atoms with Crippen LogP contribution in [0, 0.1) is 5.92 Å². The van der Waals surface area contributed by atoms with Crippen LogP contribution in [0.25, 0.3) is 0 Å². The van der Waals surface area contributed by atoms with Gasteiger partial charge in [0.25, 0.3) is 0 Å². The molecule has 0 heterocycles. The van der Waals surface area contributed by atoms with Crippen molar-refractivity contribution in [1.82, 2.24) is 5.32 Å². The van der Waals surface area contributed by atoms with E-state index in [-0.39, 0.29) is 16.9 Å². The molecule has 0 fully saturated rings. The van der Waals surface area contributed by atoms with E-state index in [0.29, 0.717) is 18.7 Å². The first-order valence-corrected chi connectivity index (χ1v) is 6.06. The van der Waals surface area contributed by atoms with Crippen molar-refractivity contribution in [2.45, 2.75) is 33.3 Å². The second-order valence-corrected chi connectivity index (χ2v) is 4.51. The van der Waals surface area contributed by atoms with Gasteiger partial charge in [-0.2, -0.15) is 0 Å². The standard InChI is InChI=1S/C10H19NO3S/c1-4-9(13)7(2)10(14)15-6-5-11-8(3)12/h7,9,13H,4-6H2,1-3H3,(H,11,12)/t7-,9+/m0/s1/i7+1,9+1.